The van der Waals surface area contributed by atoms with E-state index in [4.69, 9.17) is 0 Å². The predicted octanol–water partition coefficient (Wildman–Crippen LogP) is 0.810. The van der Waals surface area contributed by atoms with Gasteiger partial charge in [0.25, 0.3) is 5.78 Å². The van der Waals surface area contributed by atoms with Gasteiger partial charge in [0.2, 0.25) is 0 Å². The Morgan fingerprint density at radius 2 is 2.21 bits per heavy atom. The Morgan fingerprint density at radius 1 is 1.37 bits per heavy atom. The summed E-state index contributed by atoms with van der Waals surface area (Å²) in [6.07, 6.45) is 3.14. The molecule has 8 heteroatoms. The monoisotopic (exact) mass is 276 g/mol. The van der Waals surface area contributed by atoms with Crippen LogP contribution in [0.1, 0.15) is 11.4 Å². The van der Waals surface area contributed by atoms with Crippen LogP contribution in [0.3, 0.4) is 0 Å². The molecule has 0 atom stereocenters. The molecule has 0 radical (unpaired) electrons. The van der Waals surface area contributed by atoms with Crippen LogP contribution < -0.4 is 0 Å². The van der Waals surface area contributed by atoms with Gasteiger partial charge >= 0.3 is 0 Å². The number of nitrogens with zero attached hydrogens (tertiary/aromatic N) is 6. The molecule has 0 aliphatic carbocycles. The van der Waals surface area contributed by atoms with E-state index in [1.807, 2.05) is 24.6 Å². The summed E-state index contributed by atoms with van der Waals surface area (Å²) in [5, 5.41) is 15.0. The van der Waals surface area contributed by atoms with E-state index >= 15 is 0 Å². The van der Waals surface area contributed by atoms with E-state index in [2.05, 4.69) is 20.1 Å². The number of imidazole rings is 1. The van der Waals surface area contributed by atoms with Crippen molar-refractivity contribution in [2.75, 3.05) is 0 Å². The SMILES string of the molecule is Cc1cc(Sc2ncc(CO)n2C)n2ncnc2n1. The van der Waals surface area contributed by atoms with Crippen LogP contribution in [-0.4, -0.2) is 34.2 Å². The summed E-state index contributed by atoms with van der Waals surface area (Å²) in [5.41, 5.74) is 1.64. The first-order valence-electron chi connectivity index (χ1n) is 5.65. The Balaban J connectivity index is 2.05. The van der Waals surface area contributed by atoms with Crippen molar-refractivity contribution >= 4 is 17.5 Å². The smallest absolute Gasteiger partial charge is 0.253 e. The van der Waals surface area contributed by atoms with Crippen LogP contribution >= 0.6 is 11.8 Å². The molecule has 98 valence electrons. The summed E-state index contributed by atoms with van der Waals surface area (Å²) < 4.78 is 3.52. The molecule has 7 nitrogen and oxygen atoms in total. The Kier molecular flexibility index (Phi) is 2.96. The van der Waals surface area contributed by atoms with Gasteiger partial charge in [-0.1, -0.05) is 0 Å². The second-order valence-electron chi connectivity index (χ2n) is 4.06. The maximum atomic E-state index is 9.17. The standard InChI is InChI=1S/C11H12N6OS/c1-7-3-9(17-10(15-7)13-6-14-17)19-11-12-4-8(5-18)16(11)2/h3-4,6,18H,5H2,1-2H3. The highest BCUT2D eigenvalue weighted by Gasteiger charge is 2.12. The van der Waals surface area contributed by atoms with Gasteiger partial charge in [-0.25, -0.2) is 9.97 Å². The van der Waals surface area contributed by atoms with Crippen LogP contribution in [0.2, 0.25) is 0 Å². The minimum atomic E-state index is -0.0296. The van der Waals surface area contributed by atoms with Crippen molar-refractivity contribution < 1.29 is 5.11 Å². The quantitative estimate of drug-likeness (QED) is 0.713. The van der Waals surface area contributed by atoms with Crippen molar-refractivity contribution in [3.05, 3.63) is 30.0 Å². The van der Waals surface area contributed by atoms with E-state index < -0.39 is 0 Å². The zero-order valence-electron chi connectivity index (χ0n) is 10.5. The van der Waals surface area contributed by atoms with Crippen LogP contribution in [0.4, 0.5) is 0 Å². The van der Waals surface area contributed by atoms with Crippen molar-refractivity contribution in [1.29, 1.82) is 0 Å². The minimum Gasteiger partial charge on any atom is -0.390 e. The van der Waals surface area contributed by atoms with Gasteiger partial charge in [-0.05, 0) is 24.8 Å². The molecule has 0 bridgehead atoms. The summed E-state index contributed by atoms with van der Waals surface area (Å²) in [4.78, 5) is 12.7. The maximum absolute atomic E-state index is 9.17. The highest BCUT2D eigenvalue weighted by atomic mass is 32.2. The van der Waals surface area contributed by atoms with Crippen molar-refractivity contribution in [3.8, 4) is 0 Å². The second kappa shape index (κ2) is 4.63. The van der Waals surface area contributed by atoms with Crippen molar-refractivity contribution in [3.63, 3.8) is 0 Å². The van der Waals surface area contributed by atoms with Gasteiger partial charge in [-0.2, -0.15) is 14.6 Å². The van der Waals surface area contributed by atoms with E-state index in [9.17, 15) is 5.11 Å². The molecule has 0 aromatic carbocycles. The van der Waals surface area contributed by atoms with Gasteiger partial charge in [0.1, 0.15) is 11.4 Å². The normalized spacial score (nSPS) is 11.3. The van der Waals surface area contributed by atoms with Crippen LogP contribution in [-0.2, 0) is 13.7 Å². The molecule has 0 aliphatic rings. The van der Waals surface area contributed by atoms with Gasteiger partial charge in [-0.15, -0.1) is 0 Å². The molecule has 19 heavy (non-hydrogen) atoms. The lowest BCUT2D eigenvalue weighted by atomic mass is 10.5. The fourth-order valence-electron chi connectivity index (χ4n) is 1.73. The van der Waals surface area contributed by atoms with E-state index in [-0.39, 0.29) is 6.61 Å². The first-order valence-corrected chi connectivity index (χ1v) is 6.47. The van der Waals surface area contributed by atoms with Crippen LogP contribution in [0.15, 0.2) is 28.8 Å². The molecule has 0 saturated heterocycles. The first kappa shape index (κ1) is 12.1. The zero-order valence-corrected chi connectivity index (χ0v) is 11.3. The molecule has 0 unspecified atom stereocenters. The number of rotatable bonds is 3. The Morgan fingerprint density at radius 3 is 2.95 bits per heavy atom. The van der Waals surface area contributed by atoms with Crippen LogP contribution in [0.5, 0.6) is 0 Å². The summed E-state index contributed by atoms with van der Waals surface area (Å²) in [7, 11) is 1.87. The third kappa shape index (κ3) is 2.08. The lowest BCUT2D eigenvalue weighted by Gasteiger charge is -2.05. The molecule has 3 rings (SSSR count). The number of fused-ring (bicyclic) bond motifs is 1. The topological polar surface area (TPSA) is 81.1 Å². The molecule has 3 heterocycles. The average Bonchev–Trinajstić information content (AvgIpc) is 2.97. The number of hydrogen-bond acceptors (Lipinski definition) is 6. The molecule has 0 amide bonds. The largest absolute Gasteiger partial charge is 0.390 e. The summed E-state index contributed by atoms with van der Waals surface area (Å²) >= 11 is 1.46. The number of aliphatic hydroxyl groups is 1. The Labute approximate surface area is 113 Å². The van der Waals surface area contributed by atoms with Crippen molar-refractivity contribution in [1.82, 2.24) is 29.1 Å². The second-order valence-corrected chi connectivity index (χ2v) is 5.05. The molecule has 0 fully saturated rings. The lowest BCUT2D eigenvalue weighted by Crippen LogP contribution is -2.00. The van der Waals surface area contributed by atoms with Crippen LogP contribution in [0, 0.1) is 6.92 Å². The number of aromatic nitrogens is 6. The van der Waals surface area contributed by atoms with Gasteiger partial charge in [0, 0.05) is 12.7 Å². The number of aliphatic hydroxyl groups excluding tert-OH is 1. The summed E-state index contributed by atoms with van der Waals surface area (Å²) in [5.74, 6) is 0.569. The first-order chi connectivity index (χ1) is 9.19. The zero-order chi connectivity index (χ0) is 13.4. The summed E-state index contributed by atoms with van der Waals surface area (Å²) in [6, 6.07) is 1.93. The molecule has 0 aliphatic heterocycles. The minimum absolute atomic E-state index is 0.0296. The molecular formula is C11H12N6OS. The predicted molar refractivity (Wildman–Crippen MR) is 68.8 cm³/mol. The number of aryl methyl sites for hydroxylation is 1. The lowest BCUT2D eigenvalue weighted by molar-refractivity contribution is 0.271. The Hall–Kier alpha value is -1.93. The van der Waals surface area contributed by atoms with E-state index in [0.29, 0.717) is 5.78 Å². The highest BCUT2D eigenvalue weighted by molar-refractivity contribution is 7.99. The van der Waals surface area contributed by atoms with Crippen LogP contribution in [0.25, 0.3) is 5.78 Å². The van der Waals surface area contributed by atoms with Gasteiger partial charge in [0.05, 0.1) is 18.5 Å². The van der Waals surface area contributed by atoms with E-state index in [1.54, 1.807) is 10.7 Å². The maximum Gasteiger partial charge on any atom is 0.253 e. The highest BCUT2D eigenvalue weighted by Crippen LogP contribution is 2.27. The van der Waals surface area contributed by atoms with E-state index in [0.717, 1.165) is 21.6 Å². The van der Waals surface area contributed by atoms with Gasteiger partial charge < -0.3 is 9.67 Å². The molecule has 3 aromatic rings. The molecule has 3 aromatic heterocycles. The van der Waals surface area contributed by atoms with E-state index in [1.165, 1.54) is 18.1 Å². The molecule has 1 N–H and O–H groups in total. The fourth-order valence-corrected chi connectivity index (χ4v) is 2.72. The molecular weight excluding hydrogens is 264 g/mol. The fraction of sp³-hybridized carbons (Fsp3) is 0.273. The third-order valence-electron chi connectivity index (χ3n) is 2.75. The van der Waals surface area contributed by atoms with Gasteiger partial charge in [-0.3, -0.25) is 0 Å². The average molecular weight is 276 g/mol. The summed E-state index contributed by atoms with van der Waals surface area (Å²) in [6.45, 7) is 1.88. The van der Waals surface area contributed by atoms with Crippen molar-refractivity contribution in [2.45, 2.75) is 23.7 Å². The number of hydrogen-bond donors (Lipinski definition) is 1. The molecule has 0 spiro atoms. The van der Waals surface area contributed by atoms with Crippen molar-refractivity contribution in [2.24, 2.45) is 7.05 Å². The molecule has 0 saturated carbocycles. The van der Waals surface area contributed by atoms with Gasteiger partial charge in [0.15, 0.2) is 5.16 Å². The third-order valence-corrected chi connectivity index (χ3v) is 3.81. The Bertz CT molecular complexity index is 734.